The van der Waals surface area contributed by atoms with Crippen LogP contribution in [0.1, 0.15) is 106 Å². The van der Waals surface area contributed by atoms with Gasteiger partial charge in [0, 0.05) is 24.6 Å². The van der Waals surface area contributed by atoms with Crippen LogP contribution in [0.15, 0.2) is 65.8 Å². The number of amides is 1. The fourth-order valence-electron chi connectivity index (χ4n) is 9.24. The third kappa shape index (κ3) is 5.19. The van der Waals surface area contributed by atoms with Gasteiger partial charge in [-0.05, 0) is 134 Å². The van der Waals surface area contributed by atoms with E-state index in [-0.39, 0.29) is 12.1 Å². The van der Waals surface area contributed by atoms with E-state index in [4.69, 9.17) is 14.7 Å². The molecule has 246 valence electrons. The number of ether oxygens (including phenoxy) is 1. The second-order valence-electron chi connectivity index (χ2n) is 15.9. The first kappa shape index (κ1) is 29.9. The normalized spacial score (nSPS) is 23.1. The Bertz CT molecular complexity index is 1920. The topological polar surface area (TPSA) is 70.6 Å². The molecule has 3 atom stereocenters. The highest BCUT2D eigenvalue weighted by atomic mass is 16.6. The molecule has 3 fully saturated rings. The summed E-state index contributed by atoms with van der Waals surface area (Å²) in [6.07, 6.45) is 13.5. The van der Waals surface area contributed by atoms with E-state index in [1.807, 2.05) is 31.9 Å². The number of likely N-dealkylation sites (tertiary alicyclic amines) is 1. The van der Waals surface area contributed by atoms with E-state index in [9.17, 15) is 4.79 Å². The van der Waals surface area contributed by atoms with Crippen LogP contribution in [0.2, 0.25) is 0 Å². The van der Waals surface area contributed by atoms with Crippen molar-refractivity contribution in [3.63, 3.8) is 0 Å². The third-order valence-electron chi connectivity index (χ3n) is 11.7. The van der Waals surface area contributed by atoms with Gasteiger partial charge < -0.3 is 9.72 Å². The number of nitrogens with zero attached hydrogens (tertiary/aromatic N) is 3. The summed E-state index contributed by atoms with van der Waals surface area (Å²) in [6, 6.07) is 20.7. The molecular formula is C42H46N4O2. The molecule has 3 aliphatic carbocycles. The Morgan fingerprint density at radius 3 is 2.42 bits per heavy atom. The number of carbonyl (C=O) groups is 1. The Kier molecular flexibility index (Phi) is 7.14. The Balaban J connectivity index is 0.976. The Morgan fingerprint density at radius 1 is 0.875 bits per heavy atom. The zero-order valence-electron chi connectivity index (χ0n) is 28.5. The summed E-state index contributed by atoms with van der Waals surface area (Å²) in [5.74, 6) is 3.19. The molecule has 2 saturated carbocycles. The van der Waals surface area contributed by atoms with Crippen molar-refractivity contribution < 1.29 is 9.53 Å². The molecule has 5 aliphatic rings. The minimum Gasteiger partial charge on any atom is -0.444 e. The van der Waals surface area contributed by atoms with Gasteiger partial charge in [-0.2, -0.15) is 0 Å². The molecule has 4 aromatic rings. The highest BCUT2D eigenvalue weighted by molar-refractivity contribution is 6.00. The maximum Gasteiger partial charge on any atom is 0.410 e. The van der Waals surface area contributed by atoms with Gasteiger partial charge in [-0.3, -0.25) is 9.89 Å². The molecule has 48 heavy (non-hydrogen) atoms. The average Bonchev–Trinajstić information content (AvgIpc) is 3.89. The summed E-state index contributed by atoms with van der Waals surface area (Å²) < 4.78 is 5.74. The lowest BCUT2D eigenvalue weighted by molar-refractivity contribution is 0.0265. The number of imidazole rings is 1. The summed E-state index contributed by atoms with van der Waals surface area (Å²) >= 11 is 0. The molecule has 0 spiro atoms. The fraction of sp³-hybridized carbons (Fsp3) is 0.452. The van der Waals surface area contributed by atoms with Gasteiger partial charge in [0.25, 0.3) is 0 Å². The smallest absolute Gasteiger partial charge is 0.410 e. The summed E-state index contributed by atoms with van der Waals surface area (Å²) in [5, 5.41) is 0. The first-order valence-electron chi connectivity index (χ1n) is 18.3. The van der Waals surface area contributed by atoms with E-state index in [1.54, 1.807) is 11.1 Å². The standard InChI is InChI=1S/C42H46N4O2/c1-42(2,3)48-41(47)46-20-6-9-38(46)36-23-30-21-28(15-19-35(30)44-36)31-17-18-32(39-33-16-14-29(33)22-34(31)39)25-10-12-26(13-11-25)37-24-43-40(45-37)27-7-4-5-8-27/h10-13,15,17-19,21,24,27,29,33,38H,4-9,14,16,20,22-23H2,1-3H3,(H,43,45)/t29?,33?,38-/m0/s1. The molecule has 2 aliphatic heterocycles. The molecule has 3 heterocycles. The minimum atomic E-state index is -0.503. The predicted octanol–water partition coefficient (Wildman–Crippen LogP) is 10.1. The maximum atomic E-state index is 13.0. The summed E-state index contributed by atoms with van der Waals surface area (Å²) in [6.45, 7) is 6.52. The molecule has 0 radical (unpaired) electrons. The quantitative estimate of drug-likeness (QED) is 0.236. The number of hydrogen-bond acceptors (Lipinski definition) is 4. The van der Waals surface area contributed by atoms with Gasteiger partial charge in [0.05, 0.1) is 23.6 Å². The largest absolute Gasteiger partial charge is 0.444 e. The van der Waals surface area contributed by atoms with Crippen LogP contribution in [0.3, 0.4) is 0 Å². The van der Waals surface area contributed by atoms with Crippen molar-refractivity contribution in [1.29, 1.82) is 0 Å². The molecule has 0 bridgehead atoms. The molecule has 1 aromatic heterocycles. The average molecular weight is 639 g/mol. The van der Waals surface area contributed by atoms with Gasteiger partial charge in [-0.1, -0.05) is 55.3 Å². The number of benzene rings is 3. The molecule has 1 saturated heterocycles. The number of H-pyrrole nitrogens is 1. The van der Waals surface area contributed by atoms with Gasteiger partial charge in [-0.15, -0.1) is 0 Å². The van der Waals surface area contributed by atoms with Crippen LogP contribution < -0.4 is 0 Å². The maximum absolute atomic E-state index is 13.0. The Morgan fingerprint density at radius 2 is 1.65 bits per heavy atom. The number of rotatable bonds is 5. The second-order valence-corrected chi connectivity index (χ2v) is 15.9. The van der Waals surface area contributed by atoms with Crippen LogP contribution >= 0.6 is 0 Å². The van der Waals surface area contributed by atoms with Crippen molar-refractivity contribution in [2.45, 2.75) is 108 Å². The Hall–Kier alpha value is -4.19. The van der Waals surface area contributed by atoms with Crippen LogP contribution in [0.4, 0.5) is 10.5 Å². The van der Waals surface area contributed by atoms with Crippen LogP contribution in [0.25, 0.3) is 33.5 Å². The fourth-order valence-corrected chi connectivity index (χ4v) is 9.24. The van der Waals surface area contributed by atoms with Gasteiger partial charge in [-0.25, -0.2) is 9.78 Å². The SMILES string of the molecule is CC(C)(C)OC(=O)N1CCC[C@H]1C1=Nc2ccc(-c3ccc(-c4ccc(-c5cnc(C6CCCC6)[nH]5)cc4)c4c3CC3CCC43)cc2C1. The van der Waals surface area contributed by atoms with Crippen molar-refractivity contribution >= 4 is 17.5 Å². The monoisotopic (exact) mass is 638 g/mol. The van der Waals surface area contributed by atoms with Gasteiger partial charge >= 0.3 is 6.09 Å². The van der Waals surface area contributed by atoms with Gasteiger partial charge in [0.15, 0.2) is 0 Å². The lowest BCUT2D eigenvalue weighted by Crippen LogP contribution is -2.43. The van der Waals surface area contributed by atoms with E-state index < -0.39 is 5.60 Å². The number of hydrogen-bond donors (Lipinski definition) is 1. The van der Waals surface area contributed by atoms with E-state index in [2.05, 4.69) is 59.6 Å². The van der Waals surface area contributed by atoms with Gasteiger partial charge in [0.1, 0.15) is 11.4 Å². The number of nitrogens with one attached hydrogen (secondary N) is 1. The third-order valence-corrected chi connectivity index (χ3v) is 11.7. The minimum absolute atomic E-state index is 0.0175. The number of aromatic nitrogens is 2. The van der Waals surface area contributed by atoms with Gasteiger partial charge in [0.2, 0.25) is 0 Å². The van der Waals surface area contributed by atoms with Crippen molar-refractivity contribution in [3.8, 4) is 33.5 Å². The zero-order chi connectivity index (χ0) is 32.6. The molecule has 6 heteroatoms. The molecular weight excluding hydrogens is 592 g/mol. The van der Waals surface area contributed by atoms with E-state index in [1.165, 1.54) is 78.3 Å². The van der Waals surface area contributed by atoms with Crippen molar-refractivity contribution in [2.75, 3.05) is 6.54 Å². The lowest BCUT2D eigenvalue weighted by atomic mass is 9.73. The predicted molar refractivity (Wildman–Crippen MR) is 192 cm³/mol. The first-order chi connectivity index (χ1) is 23.3. The van der Waals surface area contributed by atoms with Crippen molar-refractivity contribution in [1.82, 2.24) is 14.9 Å². The first-order valence-corrected chi connectivity index (χ1v) is 18.3. The molecule has 1 amide bonds. The highest BCUT2D eigenvalue weighted by Crippen LogP contribution is 2.56. The number of fused-ring (bicyclic) bond motifs is 4. The van der Waals surface area contributed by atoms with Crippen LogP contribution in [-0.2, 0) is 17.6 Å². The van der Waals surface area contributed by atoms with Crippen molar-refractivity contribution in [2.24, 2.45) is 10.9 Å². The van der Waals surface area contributed by atoms with Crippen molar-refractivity contribution in [3.05, 3.63) is 83.3 Å². The number of carbonyl (C=O) groups excluding carboxylic acids is 1. The second kappa shape index (κ2) is 11.5. The zero-order valence-corrected chi connectivity index (χ0v) is 28.5. The molecule has 9 rings (SSSR count). The van der Waals surface area contributed by atoms with Crippen LogP contribution in [0.5, 0.6) is 0 Å². The molecule has 6 nitrogen and oxygen atoms in total. The van der Waals surface area contributed by atoms with E-state index >= 15 is 0 Å². The highest BCUT2D eigenvalue weighted by Gasteiger charge is 2.42. The molecule has 3 aromatic carbocycles. The Labute approximate surface area is 284 Å². The van der Waals surface area contributed by atoms with E-state index in [0.717, 1.165) is 54.6 Å². The summed E-state index contributed by atoms with van der Waals surface area (Å²) in [7, 11) is 0. The number of aliphatic imine (C=N–C) groups is 1. The van der Waals surface area contributed by atoms with Crippen LogP contribution in [0, 0.1) is 5.92 Å². The summed E-state index contributed by atoms with van der Waals surface area (Å²) in [5.41, 5.74) is 13.7. The molecule has 1 N–H and O–H groups in total. The van der Waals surface area contributed by atoms with Crippen LogP contribution in [-0.4, -0.2) is 44.9 Å². The number of aromatic amines is 1. The lowest BCUT2D eigenvalue weighted by Gasteiger charge is -2.31. The summed E-state index contributed by atoms with van der Waals surface area (Å²) in [4.78, 5) is 28.4. The van der Waals surface area contributed by atoms with E-state index in [0.29, 0.717) is 11.8 Å². The molecule has 2 unspecified atom stereocenters.